The molecule has 170 valence electrons. The van der Waals surface area contributed by atoms with Crippen LogP contribution in [0.1, 0.15) is 22.7 Å². The molecule has 0 aliphatic carbocycles. The van der Waals surface area contributed by atoms with Crippen molar-refractivity contribution in [1.82, 2.24) is 25.2 Å². The third-order valence-electron chi connectivity index (χ3n) is 5.55. The van der Waals surface area contributed by atoms with E-state index in [0.29, 0.717) is 29.1 Å². The van der Waals surface area contributed by atoms with E-state index in [1.807, 2.05) is 19.2 Å². The first-order valence-corrected chi connectivity index (χ1v) is 11.0. The summed E-state index contributed by atoms with van der Waals surface area (Å²) in [5, 5.41) is 2.05. The van der Waals surface area contributed by atoms with Crippen LogP contribution in [0.4, 0.5) is 14.6 Å². The number of nitrogens with zero attached hydrogens (tertiary/aromatic N) is 5. The average Bonchev–Trinajstić information content (AvgIpc) is 3.16. The second kappa shape index (κ2) is 9.37. The molecule has 3 aromatic rings. The first kappa shape index (κ1) is 22.4. The number of benzene rings is 1. The topological polar surface area (TPSA) is 96.3 Å². The Kier molecular flexibility index (Phi) is 6.56. The van der Waals surface area contributed by atoms with Crippen LogP contribution in [-0.2, 0) is 6.54 Å². The lowest BCUT2D eigenvalue weighted by molar-refractivity contribution is 0.129. The molecule has 1 aromatic carbocycles. The number of halogens is 3. The molecule has 0 radical (unpaired) electrons. The lowest BCUT2D eigenvalue weighted by Crippen LogP contribution is -2.46. The highest BCUT2D eigenvalue weighted by Crippen LogP contribution is 2.25. The molecule has 1 saturated heterocycles. The highest BCUT2D eigenvalue weighted by atomic mass is 79.9. The fourth-order valence-electron chi connectivity index (χ4n) is 3.75. The number of anilines is 1. The second-order valence-electron chi connectivity index (χ2n) is 7.63. The third-order valence-corrected chi connectivity index (χ3v) is 5.95. The summed E-state index contributed by atoms with van der Waals surface area (Å²) in [6, 6.07) is 5.07. The molecular formula is C21H24BrF2N7O. The number of nitrogens with one attached hydrogen (secondary N) is 1. The maximum absolute atomic E-state index is 12.8. The Bertz CT molecular complexity index is 1140. The number of rotatable bonds is 6. The molecule has 3 heterocycles. The number of hydrogen-bond acceptors (Lipinski definition) is 8. The van der Waals surface area contributed by atoms with E-state index in [1.54, 1.807) is 24.5 Å². The lowest BCUT2D eigenvalue weighted by Gasteiger charge is -2.35. The van der Waals surface area contributed by atoms with Crippen molar-refractivity contribution in [3.05, 3.63) is 51.8 Å². The van der Waals surface area contributed by atoms with Gasteiger partial charge in [-0.05, 0) is 41.9 Å². The van der Waals surface area contributed by atoms with Crippen molar-refractivity contribution >= 4 is 38.5 Å². The molecule has 0 saturated carbocycles. The van der Waals surface area contributed by atoms with Crippen molar-refractivity contribution in [3.8, 4) is 0 Å². The van der Waals surface area contributed by atoms with Gasteiger partial charge in [0.25, 0.3) is 0 Å². The van der Waals surface area contributed by atoms with Gasteiger partial charge in [-0.15, -0.1) is 0 Å². The Morgan fingerprint density at radius 2 is 1.97 bits per heavy atom. The number of oxazole rings is 1. The molecular weight excluding hydrogens is 484 g/mol. The predicted octanol–water partition coefficient (Wildman–Crippen LogP) is 3.35. The van der Waals surface area contributed by atoms with Gasteiger partial charge in [-0.3, -0.25) is 4.90 Å². The summed E-state index contributed by atoms with van der Waals surface area (Å²) in [6.07, 6.45) is 1.61. The number of piperazine rings is 1. The number of hydrogen-bond donors (Lipinski definition) is 2. The fourth-order valence-corrected chi connectivity index (χ4v) is 4.09. The molecule has 1 aliphatic heterocycles. The summed E-state index contributed by atoms with van der Waals surface area (Å²) in [5.74, 6) is 1.57. The van der Waals surface area contributed by atoms with Crippen LogP contribution < -0.4 is 16.0 Å². The molecule has 2 aromatic heterocycles. The van der Waals surface area contributed by atoms with Gasteiger partial charge in [0.05, 0.1) is 16.8 Å². The lowest BCUT2D eigenvalue weighted by atomic mass is 10.1. The van der Waals surface area contributed by atoms with Gasteiger partial charge < -0.3 is 20.4 Å². The van der Waals surface area contributed by atoms with Crippen molar-refractivity contribution in [2.45, 2.75) is 26.9 Å². The van der Waals surface area contributed by atoms with Crippen molar-refractivity contribution < 1.29 is 13.2 Å². The molecule has 1 aliphatic rings. The summed E-state index contributed by atoms with van der Waals surface area (Å²) >= 11 is 3.07. The van der Waals surface area contributed by atoms with Crippen LogP contribution in [0.2, 0.25) is 0 Å². The maximum atomic E-state index is 12.8. The molecule has 3 N–H and O–H groups in total. The largest absolute Gasteiger partial charge is 0.439 e. The van der Waals surface area contributed by atoms with Gasteiger partial charge in [-0.2, -0.15) is 8.78 Å². The SMILES string of the molecule is Cc1ncnc(N2CCN(Cc3nc4ccc(/C(NC(F)F)=C(/N)Br)cc4o3)CC2)c1C. The summed E-state index contributed by atoms with van der Waals surface area (Å²) in [5.41, 5.74) is 9.57. The standard InChI is InChI=1S/C21H24BrF2N7O/c1-12-13(2)26-11-27-20(12)31-7-5-30(6-8-31)10-17-28-15-4-3-14(9-16(15)32-17)18(19(22)25)29-21(23)24/h3-4,9,11,21,29H,5-8,10,25H2,1-2H3/b19-18-. The van der Waals surface area contributed by atoms with E-state index in [4.69, 9.17) is 10.2 Å². The van der Waals surface area contributed by atoms with Crippen LogP contribution in [-0.4, -0.2) is 52.6 Å². The highest BCUT2D eigenvalue weighted by molar-refractivity contribution is 9.11. The number of fused-ring (bicyclic) bond motifs is 1. The molecule has 0 bridgehead atoms. The van der Waals surface area contributed by atoms with E-state index in [-0.39, 0.29) is 10.3 Å². The minimum Gasteiger partial charge on any atom is -0.439 e. The molecule has 4 rings (SSSR count). The molecule has 0 spiro atoms. The van der Waals surface area contributed by atoms with Crippen LogP contribution in [0.3, 0.4) is 0 Å². The van der Waals surface area contributed by atoms with Crippen LogP contribution >= 0.6 is 15.9 Å². The Morgan fingerprint density at radius 3 is 2.66 bits per heavy atom. The van der Waals surface area contributed by atoms with E-state index in [2.05, 4.69) is 40.7 Å². The van der Waals surface area contributed by atoms with Crippen LogP contribution in [0, 0.1) is 13.8 Å². The van der Waals surface area contributed by atoms with Gasteiger partial charge in [-0.1, -0.05) is 6.07 Å². The minimum absolute atomic E-state index is 0.0869. The Hall–Kier alpha value is -2.79. The van der Waals surface area contributed by atoms with Gasteiger partial charge in [0, 0.05) is 43.0 Å². The van der Waals surface area contributed by atoms with Crippen LogP contribution in [0.5, 0.6) is 0 Å². The van der Waals surface area contributed by atoms with Crippen molar-refractivity contribution in [3.63, 3.8) is 0 Å². The molecule has 11 heteroatoms. The highest BCUT2D eigenvalue weighted by Gasteiger charge is 2.22. The fraction of sp³-hybridized carbons (Fsp3) is 0.381. The molecule has 32 heavy (non-hydrogen) atoms. The first-order chi connectivity index (χ1) is 15.3. The first-order valence-electron chi connectivity index (χ1n) is 10.2. The quantitative estimate of drug-likeness (QED) is 0.490. The zero-order valence-electron chi connectivity index (χ0n) is 17.8. The van der Waals surface area contributed by atoms with Gasteiger partial charge in [0.15, 0.2) is 5.58 Å². The summed E-state index contributed by atoms with van der Waals surface area (Å²) in [7, 11) is 0. The third kappa shape index (κ3) is 4.83. The van der Waals surface area contributed by atoms with E-state index < -0.39 is 6.55 Å². The summed E-state index contributed by atoms with van der Waals surface area (Å²) in [6.45, 7) is 5.25. The zero-order chi connectivity index (χ0) is 22.8. The second-order valence-corrected chi connectivity index (χ2v) is 8.48. The zero-order valence-corrected chi connectivity index (χ0v) is 19.4. The van der Waals surface area contributed by atoms with Crippen molar-refractivity contribution in [1.29, 1.82) is 0 Å². The summed E-state index contributed by atoms with van der Waals surface area (Å²) < 4.78 is 31.6. The van der Waals surface area contributed by atoms with Crippen LogP contribution in [0.15, 0.2) is 33.5 Å². The number of aryl methyl sites for hydroxylation is 1. The Labute approximate surface area is 192 Å². The Morgan fingerprint density at radius 1 is 1.22 bits per heavy atom. The molecule has 0 amide bonds. The molecule has 0 unspecified atom stereocenters. The van der Waals surface area contributed by atoms with Crippen molar-refractivity contribution in [2.75, 3.05) is 31.1 Å². The molecule has 0 atom stereocenters. The summed E-state index contributed by atoms with van der Waals surface area (Å²) in [4.78, 5) is 17.8. The van der Waals surface area contributed by atoms with E-state index >= 15 is 0 Å². The number of aromatic nitrogens is 3. The average molecular weight is 508 g/mol. The monoisotopic (exact) mass is 507 g/mol. The van der Waals surface area contributed by atoms with E-state index in [9.17, 15) is 8.78 Å². The van der Waals surface area contributed by atoms with Gasteiger partial charge in [0.1, 0.15) is 17.7 Å². The van der Waals surface area contributed by atoms with Gasteiger partial charge >= 0.3 is 6.55 Å². The van der Waals surface area contributed by atoms with Gasteiger partial charge in [-0.25, -0.2) is 15.0 Å². The van der Waals surface area contributed by atoms with E-state index in [0.717, 1.165) is 43.3 Å². The maximum Gasteiger partial charge on any atom is 0.313 e. The smallest absolute Gasteiger partial charge is 0.313 e. The predicted molar refractivity (Wildman–Crippen MR) is 122 cm³/mol. The van der Waals surface area contributed by atoms with Crippen molar-refractivity contribution in [2.24, 2.45) is 5.73 Å². The van der Waals surface area contributed by atoms with Crippen LogP contribution in [0.25, 0.3) is 16.8 Å². The molecule has 1 fully saturated rings. The van der Waals surface area contributed by atoms with E-state index in [1.165, 1.54) is 0 Å². The normalized spacial score (nSPS) is 16.0. The minimum atomic E-state index is -2.74. The molecule has 8 nitrogen and oxygen atoms in total. The number of alkyl halides is 2. The van der Waals surface area contributed by atoms with Gasteiger partial charge in [0.2, 0.25) is 5.89 Å². The number of nitrogens with two attached hydrogens (primary N) is 1. The Balaban J connectivity index is 1.44.